The SMILES string of the molecule is COCC(O)CCNS(=O)(=O)c1c(N)cccc1F. The van der Waals surface area contributed by atoms with Crippen LogP contribution in [0.4, 0.5) is 10.1 Å². The second-order valence-electron chi connectivity index (χ2n) is 3.95. The number of anilines is 1. The third-order valence-corrected chi connectivity index (χ3v) is 3.95. The van der Waals surface area contributed by atoms with Crippen LogP contribution in [0.2, 0.25) is 0 Å². The van der Waals surface area contributed by atoms with Gasteiger partial charge >= 0.3 is 0 Å². The highest BCUT2D eigenvalue weighted by atomic mass is 32.2. The second kappa shape index (κ2) is 6.80. The molecular weight excluding hydrogens is 275 g/mol. The summed E-state index contributed by atoms with van der Waals surface area (Å²) < 4.78 is 44.1. The Morgan fingerprint density at radius 2 is 2.21 bits per heavy atom. The molecule has 0 heterocycles. The molecule has 0 fully saturated rings. The minimum Gasteiger partial charge on any atom is -0.398 e. The van der Waals surface area contributed by atoms with Gasteiger partial charge in [-0.15, -0.1) is 0 Å². The van der Waals surface area contributed by atoms with Crippen molar-refractivity contribution >= 4 is 15.7 Å². The zero-order valence-corrected chi connectivity index (χ0v) is 11.3. The summed E-state index contributed by atoms with van der Waals surface area (Å²) in [5, 5.41) is 9.37. The summed E-state index contributed by atoms with van der Waals surface area (Å²) in [5.41, 5.74) is 5.30. The van der Waals surface area contributed by atoms with Gasteiger partial charge in [-0.2, -0.15) is 0 Å². The Morgan fingerprint density at radius 1 is 1.53 bits per heavy atom. The van der Waals surface area contributed by atoms with Gasteiger partial charge in [-0.25, -0.2) is 17.5 Å². The number of nitrogens with two attached hydrogens (primary N) is 1. The van der Waals surface area contributed by atoms with Crippen molar-refractivity contribution in [3.05, 3.63) is 24.0 Å². The zero-order valence-electron chi connectivity index (χ0n) is 10.5. The van der Waals surface area contributed by atoms with Crippen molar-refractivity contribution in [1.82, 2.24) is 4.72 Å². The monoisotopic (exact) mass is 292 g/mol. The van der Waals surface area contributed by atoms with Gasteiger partial charge in [0, 0.05) is 13.7 Å². The number of aliphatic hydroxyl groups excluding tert-OH is 1. The van der Waals surface area contributed by atoms with E-state index < -0.39 is 26.8 Å². The lowest BCUT2D eigenvalue weighted by molar-refractivity contribution is 0.0603. The number of ether oxygens (including phenoxy) is 1. The van der Waals surface area contributed by atoms with Crippen molar-refractivity contribution in [2.45, 2.75) is 17.4 Å². The second-order valence-corrected chi connectivity index (χ2v) is 5.66. The van der Waals surface area contributed by atoms with Gasteiger partial charge < -0.3 is 15.6 Å². The van der Waals surface area contributed by atoms with E-state index in [2.05, 4.69) is 4.72 Å². The maximum absolute atomic E-state index is 13.5. The number of hydrogen-bond acceptors (Lipinski definition) is 5. The fourth-order valence-corrected chi connectivity index (χ4v) is 2.75. The molecule has 19 heavy (non-hydrogen) atoms. The molecule has 0 aliphatic heterocycles. The van der Waals surface area contributed by atoms with Crippen molar-refractivity contribution in [2.24, 2.45) is 0 Å². The Morgan fingerprint density at radius 3 is 2.79 bits per heavy atom. The van der Waals surface area contributed by atoms with Crippen LogP contribution >= 0.6 is 0 Å². The highest BCUT2D eigenvalue weighted by Gasteiger charge is 2.21. The molecule has 0 saturated carbocycles. The number of methoxy groups -OCH3 is 1. The van der Waals surface area contributed by atoms with E-state index in [4.69, 9.17) is 10.5 Å². The maximum atomic E-state index is 13.5. The predicted octanol–water partition coefficient (Wildman–Crippen LogP) is 0.0836. The van der Waals surface area contributed by atoms with Crippen molar-refractivity contribution < 1.29 is 22.7 Å². The fourth-order valence-electron chi connectivity index (χ4n) is 1.52. The van der Waals surface area contributed by atoms with Gasteiger partial charge in [-0.3, -0.25) is 0 Å². The van der Waals surface area contributed by atoms with Gasteiger partial charge in [0.05, 0.1) is 18.4 Å². The van der Waals surface area contributed by atoms with Crippen molar-refractivity contribution in [2.75, 3.05) is 26.0 Å². The Balaban J connectivity index is 2.72. The molecule has 0 aromatic heterocycles. The summed E-state index contributed by atoms with van der Waals surface area (Å²) in [7, 11) is -2.61. The number of hydrogen-bond donors (Lipinski definition) is 3. The number of nitrogen functional groups attached to an aromatic ring is 1. The molecule has 0 bridgehead atoms. The molecule has 1 unspecified atom stereocenters. The average molecular weight is 292 g/mol. The van der Waals surface area contributed by atoms with Crippen LogP contribution in [-0.2, 0) is 14.8 Å². The van der Waals surface area contributed by atoms with Gasteiger partial charge in [-0.1, -0.05) is 6.07 Å². The molecule has 0 saturated heterocycles. The van der Waals surface area contributed by atoms with E-state index in [1.54, 1.807) is 0 Å². The van der Waals surface area contributed by atoms with Crippen molar-refractivity contribution in [1.29, 1.82) is 0 Å². The number of sulfonamides is 1. The first kappa shape index (κ1) is 15.8. The first-order valence-corrected chi connectivity index (χ1v) is 7.07. The summed E-state index contributed by atoms with van der Waals surface area (Å²) in [6.45, 7) is 0.0597. The van der Waals surface area contributed by atoms with E-state index in [1.165, 1.54) is 19.2 Å². The average Bonchev–Trinajstić information content (AvgIpc) is 2.28. The third kappa shape index (κ3) is 4.43. The van der Waals surface area contributed by atoms with E-state index in [0.29, 0.717) is 0 Å². The smallest absolute Gasteiger partial charge is 0.245 e. The Labute approximate surface area is 111 Å². The molecule has 0 amide bonds. The molecule has 0 aliphatic rings. The van der Waals surface area contributed by atoms with Crippen LogP contribution in [-0.4, -0.2) is 39.9 Å². The molecule has 1 aromatic rings. The molecule has 8 heteroatoms. The number of aliphatic hydroxyl groups is 1. The Hall–Kier alpha value is -1.22. The molecule has 0 spiro atoms. The Kier molecular flexibility index (Phi) is 5.67. The van der Waals surface area contributed by atoms with Gasteiger partial charge in [0.2, 0.25) is 10.0 Å². The third-order valence-electron chi connectivity index (χ3n) is 2.39. The number of benzene rings is 1. The fraction of sp³-hybridized carbons (Fsp3) is 0.455. The molecule has 4 N–H and O–H groups in total. The van der Waals surface area contributed by atoms with Gasteiger partial charge in [-0.05, 0) is 18.6 Å². The molecular formula is C11H17FN2O4S. The normalized spacial score (nSPS) is 13.4. The lowest BCUT2D eigenvalue weighted by atomic mass is 10.3. The topological polar surface area (TPSA) is 102 Å². The summed E-state index contributed by atoms with van der Waals surface area (Å²) in [6, 6.07) is 3.65. The largest absolute Gasteiger partial charge is 0.398 e. The van der Waals surface area contributed by atoms with Crippen LogP contribution in [0.25, 0.3) is 0 Å². The lowest BCUT2D eigenvalue weighted by Crippen LogP contribution is -2.29. The van der Waals surface area contributed by atoms with Gasteiger partial charge in [0.25, 0.3) is 0 Å². The highest BCUT2D eigenvalue weighted by Crippen LogP contribution is 2.21. The van der Waals surface area contributed by atoms with Crippen molar-refractivity contribution in [3.63, 3.8) is 0 Å². The summed E-state index contributed by atoms with van der Waals surface area (Å²) >= 11 is 0. The Bertz CT molecular complexity index is 501. The van der Waals surface area contributed by atoms with E-state index >= 15 is 0 Å². The molecule has 1 atom stereocenters. The van der Waals surface area contributed by atoms with Gasteiger partial charge in [0.1, 0.15) is 10.7 Å². The van der Waals surface area contributed by atoms with Crippen LogP contribution < -0.4 is 10.5 Å². The van der Waals surface area contributed by atoms with Crippen LogP contribution in [0.15, 0.2) is 23.1 Å². The summed E-state index contributed by atoms with van der Waals surface area (Å²) in [4.78, 5) is -0.573. The molecule has 0 radical (unpaired) electrons. The van der Waals surface area contributed by atoms with Crippen LogP contribution in [0.5, 0.6) is 0 Å². The molecule has 6 nitrogen and oxygen atoms in total. The molecule has 0 aliphatic carbocycles. The predicted molar refractivity (Wildman–Crippen MR) is 68.5 cm³/mol. The van der Waals surface area contributed by atoms with Crippen LogP contribution in [0.3, 0.4) is 0 Å². The minimum atomic E-state index is -4.03. The quantitative estimate of drug-likeness (QED) is 0.618. The minimum absolute atomic E-state index is 0.0410. The van der Waals surface area contributed by atoms with Crippen molar-refractivity contribution in [3.8, 4) is 0 Å². The number of nitrogens with one attached hydrogen (secondary N) is 1. The molecule has 1 aromatic carbocycles. The van der Waals surface area contributed by atoms with Crippen LogP contribution in [0.1, 0.15) is 6.42 Å². The standard InChI is InChI=1S/C11H17FN2O4S/c1-18-7-8(15)5-6-14-19(16,17)11-9(12)3-2-4-10(11)13/h2-4,8,14-15H,5-7,13H2,1H3. The van der Waals surface area contributed by atoms with Crippen LogP contribution in [0, 0.1) is 5.82 Å². The highest BCUT2D eigenvalue weighted by molar-refractivity contribution is 7.89. The number of halogens is 1. The van der Waals surface area contributed by atoms with E-state index in [1.807, 2.05) is 0 Å². The molecule has 108 valence electrons. The van der Waals surface area contributed by atoms with Gasteiger partial charge in [0.15, 0.2) is 0 Å². The molecule has 1 rings (SSSR count). The first-order valence-electron chi connectivity index (χ1n) is 5.59. The zero-order chi connectivity index (χ0) is 14.5. The maximum Gasteiger partial charge on any atom is 0.245 e. The van der Waals surface area contributed by atoms with E-state index in [0.717, 1.165) is 6.07 Å². The summed E-state index contributed by atoms with van der Waals surface area (Å²) in [6.07, 6.45) is -0.632. The van der Waals surface area contributed by atoms with E-state index in [9.17, 15) is 17.9 Å². The number of rotatable bonds is 7. The lowest BCUT2D eigenvalue weighted by Gasteiger charge is -2.12. The summed E-state index contributed by atoms with van der Waals surface area (Å²) in [5.74, 6) is -0.912. The first-order chi connectivity index (χ1) is 8.88. The van der Waals surface area contributed by atoms with E-state index in [-0.39, 0.29) is 25.3 Å².